The van der Waals surface area contributed by atoms with Gasteiger partial charge < -0.3 is 10.2 Å². The Labute approximate surface area is 245 Å². The number of carbonyl (C=O) groups excluding carboxylic acids is 3. The molecule has 1 N–H and O–H groups in total. The first-order valence-electron chi connectivity index (χ1n) is 14.3. The lowest BCUT2D eigenvalue weighted by Gasteiger charge is -2.34. The second kappa shape index (κ2) is 12.9. The van der Waals surface area contributed by atoms with Crippen molar-refractivity contribution in [3.63, 3.8) is 0 Å². The van der Waals surface area contributed by atoms with Crippen LogP contribution in [0.5, 0.6) is 0 Å². The minimum Gasteiger partial charge on any atom is -0.352 e. The fourth-order valence-corrected chi connectivity index (χ4v) is 7.25. The number of halogens is 1. The fraction of sp³-hybridized carbons (Fsp3) is 0.344. The van der Waals surface area contributed by atoms with E-state index in [2.05, 4.69) is 5.32 Å². The van der Waals surface area contributed by atoms with Gasteiger partial charge in [0, 0.05) is 32.0 Å². The number of fused-ring (bicyclic) bond motifs is 1. The van der Waals surface area contributed by atoms with E-state index in [1.54, 1.807) is 24.3 Å². The molecule has 0 spiro atoms. The molecule has 0 saturated heterocycles. The Hall–Kier alpha value is -4.05. The van der Waals surface area contributed by atoms with Gasteiger partial charge in [0.15, 0.2) is 0 Å². The van der Waals surface area contributed by atoms with Crippen LogP contribution in [0.25, 0.3) is 0 Å². The van der Waals surface area contributed by atoms with Crippen LogP contribution >= 0.6 is 0 Å². The lowest BCUT2D eigenvalue weighted by atomic mass is 9.94. The zero-order chi connectivity index (χ0) is 29.7. The molecule has 3 aromatic carbocycles. The van der Waals surface area contributed by atoms with Crippen LogP contribution in [-0.2, 0) is 32.6 Å². The molecule has 1 heterocycles. The minimum absolute atomic E-state index is 0.00955. The Balaban J connectivity index is 1.42. The molecule has 3 amide bonds. The quantitative estimate of drug-likeness (QED) is 0.375. The molecule has 5 rings (SSSR count). The molecule has 1 fully saturated rings. The summed E-state index contributed by atoms with van der Waals surface area (Å²) >= 11 is 0. The second-order valence-corrected chi connectivity index (χ2v) is 12.7. The summed E-state index contributed by atoms with van der Waals surface area (Å²) in [6.45, 7) is -0.355. The van der Waals surface area contributed by atoms with E-state index >= 15 is 0 Å². The summed E-state index contributed by atoms with van der Waals surface area (Å²) in [6.07, 6.45) is 4.81. The van der Waals surface area contributed by atoms with Crippen LogP contribution < -0.4 is 5.32 Å². The molecule has 10 heteroatoms. The van der Waals surface area contributed by atoms with Gasteiger partial charge in [-0.2, -0.15) is 0 Å². The van der Waals surface area contributed by atoms with Crippen molar-refractivity contribution in [3.8, 4) is 0 Å². The van der Waals surface area contributed by atoms with E-state index in [0.717, 1.165) is 42.0 Å². The van der Waals surface area contributed by atoms with Gasteiger partial charge in [0.1, 0.15) is 16.8 Å². The minimum atomic E-state index is -4.09. The lowest BCUT2D eigenvalue weighted by molar-refractivity contribution is -0.141. The Bertz CT molecular complexity index is 1540. The molecular formula is C32H34FN3O5S. The van der Waals surface area contributed by atoms with E-state index in [0.29, 0.717) is 5.56 Å². The third kappa shape index (κ3) is 6.54. The number of carbonyl (C=O) groups is 3. The molecule has 1 saturated carbocycles. The average Bonchev–Trinajstić information content (AvgIpc) is 3.19. The number of nitrogens with zero attached hydrogens (tertiary/aromatic N) is 2. The van der Waals surface area contributed by atoms with Crippen molar-refractivity contribution in [2.24, 2.45) is 0 Å². The number of hydrogen-bond donors (Lipinski definition) is 1. The summed E-state index contributed by atoms with van der Waals surface area (Å²) in [6, 6.07) is 20.1. The number of nitrogens with one attached hydrogen (secondary N) is 1. The maximum atomic E-state index is 13.9. The first kappa shape index (κ1) is 29.4. The topological polar surface area (TPSA) is 104 Å². The predicted molar refractivity (Wildman–Crippen MR) is 155 cm³/mol. The predicted octanol–water partition coefficient (Wildman–Crippen LogP) is 4.45. The maximum absolute atomic E-state index is 13.9. The highest BCUT2D eigenvalue weighted by atomic mass is 32.2. The molecule has 1 atom stereocenters. The van der Waals surface area contributed by atoms with E-state index < -0.39 is 33.7 Å². The number of sulfonamides is 1. The molecule has 3 aromatic rings. The van der Waals surface area contributed by atoms with Crippen molar-refractivity contribution < 1.29 is 27.2 Å². The van der Waals surface area contributed by atoms with Crippen molar-refractivity contribution in [1.29, 1.82) is 0 Å². The Morgan fingerprint density at radius 1 is 0.905 bits per heavy atom. The molecular weight excluding hydrogens is 557 g/mol. The number of hydrogen-bond acceptors (Lipinski definition) is 5. The SMILES string of the molecule is O=C(NC1CCCCC1)[C@@H](Cc1ccccc1)N(Cc1ccc(F)cc1)C(=O)CCN1C(=O)c2ccccc2S1(=O)=O. The van der Waals surface area contributed by atoms with Crippen molar-refractivity contribution in [2.75, 3.05) is 6.54 Å². The van der Waals surface area contributed by atoms with Gasteiger partial charge >= 0.3 is 0 Å². The van der Waals surface area contributed by atoms with E-state index in [4.69, 9.17) is 0 Å². The highest BCUT2D eigenvalue weighted by molar-refractivity contribution is 7.90. The largest absolute Gasteiger partial charge is 0.352 e. The fourth-order valence-electron chi connectivity index (χ4n) is 5.68. The van der Waals surface area contributed by atoms with Crippen LogP contribution in [0.2, 0.25) is 0 Å². The molecule has 0 radical (unpaired) electrons. The third-order valence-electron chi connectivity index (χ3n) is 7.93. The average molecular weight is 592 g/mol. The molecule has 8 nitrogen and oxygen atoms in total. The van der Waals surface area contributed by atoms with E-state index in [1.165, 1.54) is 29.2 Å². The summed E-state index contributed by atoms with van der Waals surface area (Å²) in [5, 5.41) is 3.15. The molecule has 1 aliphatic heterocycles. The molecule has 42 heavy (non-hydrogen) atoms. The third-order valence-corrected chi connectivity index (χ3v) is 9.77. The summed E-state index contributed by atoms with van der Waals surface area (Å²) in [5.41, 5.74) is 1.54. The van der Waals surface area contributed by atoms with Crippen LogP contribution in [0.1, 0.15) is 60.0 Å². The lowest BCUT2D eigenvalue weighted by Crippen LogP contribution is -2.53. The standard InChI is InChI=1S/C32H34FN3O5S/c33-25-17-15-24(16-18-25)22-35(30(37)19-20-36-32(39)27-13-7-8-14-29(27)42(36,40)41)28(21-23-9-3-1-4-10-23)31(38)34-26-11-5-2-6-12-26/h1,3-4,7-10,13-18,26,28H,2,5-6,11-12,19-22H2,(H,34,38)/t28-/m1/s1. The number of rotatable bonds is 10. The zero-order valence-corrected chi connectivity index (χ0v) is 24.1. The van der Waals surface area contributed by atoms with E-state index in [9.17, 15) is 27.2 Å². The van der Waals surface area contributed by atoms with Crippen LogP contribution in [0.4, 0.5) is 4.39 Å². The molecule has 220 valence electrons. The molecule has 0 aromatic heterocycles. The first-order valence-corrected chi connectivity index (χ1v) is 15.7. The zero-order valence-electron chi connectivity index (χ0n) is 23.2. The Kier molecular flexibility index (Phi) is 9.01. The number of benzene rings is 3. The van der Waals surface area contributed by atoms with Crippen molar-refractivity contribution >= 4 is 27.7 Å². The Morgan fingerprint density at radius 3 is 2.26 bits per heavy atom. The van der Waals surface area contributed by atoms with Gasteiger partial charge in [0.05, 0.1) is 5.56 Å². The second-order valence-electron chi connectivity index (χ2n) is 10.8. The maximum Gasteiger partial charge on any atom is 0.269 e. The summed E-state index contributed by atoms with van der Waals surface area (Å²) in [5.74, 6) is -1.89. The molecule has 2 aliphatic rings. The monoisotopic (exact) mass is 591 g/mol. The van der Waals surface area contributed by atoms with E-state index in [1.807, 2.05) is 30.3 Å². The van der Waals surface area contributed by atoms with Gasteiger partial charge in [0.2, 0.25) is 11.8 Å². The van der Waals surface area contributed by atoms with Crippen molar-refractivity contribution in [2.45, 2.75) is 68.5 Å². The van der Waals surface area contributed by atoms with Gasteiger partial charge in [-0.3, -0.25) is 14.4 Å². The van der Waals surface area contributed by atoms with Crippen LogP contribution in [-0.4, -0.2) is 54.0 Å². The number of amides is 3. The highest BCUT2D eigenvalue weighted by Gasteiger charge is 2.41. The first-order chi connectivity index (χ1) is 20.2. The summed E-state index contributed by atoms with van der Waals surface area (Å²) in [7, 11) is -4.09. The highest BCUT2D eigenvalue weighted by Crippen LogP contribution is 2.30. The van der Waals surface area contributed by atoms with Crippen molar-refractivity contribution in [1.82, 2.24) is 14.5 Å². The van der Waals surface area contributed by atoms with Crippen LogP contribution in [0, 0.1) is 5.82 Å². The van der Waals surface area contributed by atoms with Gasteiger partial charge in [-0.1, -0.05) is 73.9 Å². The molecule has 1 aliphatic carbocycles. The van der Waals surface area contributed by atoms with Crippen LogP contribution in [0.3, 0.4) is 0 Å². The van der Waals surface area contributed by atoms with E-state index in [-0.39, 0.29) is 48.3 Å². The molecule has 0 bridgehead atoms. The Morgan fingerprint density at radius 2 is 1.57 bits per heavy atom. The summed E-state index contributed by atoms with van der Waals surface area (Å²) < 4.78 is 40.6. The van der Waals surface area contributed by atoms with Gasteiger partial charge in [-0.15, -0.1) is 0 Å². The van der Waals surface area contributed by atoms with Gasteiger partial charge in [0.25, 0.3) is 15.9 Å². The van der Waals surface area contributed by atoms with Gasteiger partial charge in [-0.05, 0) is 48.2 Å². The van der Waals surface area contributed by atoms with Crippen LogP contribution in [0.15, 0.2) is 83.8 Å². The molecule has 0 unspecified atom stereocenters. The summed E-state index contributed by atoms with van der Waals surface area (Å²) in [4.78, 5) is 42.1. The smallest absolute Gasteiger partial charge is 0.269 e. The normalized spacial score (nSPS) is 17.0. The van der Waals surface area contributed by atoms with Crippen molar-refractivity contribution in [3.05, 3.63) is 101 Å². The van der Waals surface area contributed by atoms with Gasteiger partial charge in [-0.25, -0.2) is 17.1 Å².